The Bertz CT molecular complexity index is 375. The van der Waals surface area contributed by atoms with Gasteiger partial charge in [-0.25, -0.2) is 4.39 Å². The summed E-state index contributed by atoms with van der Waals surface area (Å²) in [6, 6.07) is 4.26. The van der Waals surface area contributed by atoms with Crippen molar-refractivity contribution in [2.24, 2.45) is 11.8 Å². The molecule has 0 aliphatic rings. The van der Waals surface area contributed by atoms with Crippen LogP contribution in [0, 0.1) is 31.5 Å². The highest BCUT2D eigenvalue weighted by molar-refractivity contribution is 5.32. The molecule has 0 bridgehead atoms. The smallest absolute Gasteiger partial charge is 0.129 e. The van der Waals surface area contributed by atoms with Crippen molar-refractivity contribution < 1.29 is 4.39 Å². The molecule has 1 nitrogen and oxygen atoms in total. The number of hydrogen-bond acceptors (Lipinski definition) is 1. The average Bonchev–Trinajstić information content (AvgIpc) is 2.31. The van der Waals surface area contributed by atoms with Crippen LogP contribution in [0.2, 0.25) is 0 Å². The zero-order valence-electron chi connectivity index (χ0n) is 12.5. The first kappa shape index (κ1) is 15.2. The summed E-state index contributed by atoms with van der Waals surface area (Å²) in [4.78, 5) is 0. The predicted octanol–water partition coefficient (Wildman–Crippen LogP) is 4.39. The number of benzene rings is 1. The Balaban J connectivity index is 3.13. The minimum atomic E-state index is -0.0776. The van der Waals surface area contributed by atoms with Gasteiger partial charge in [0.25, 0.3) is 0 Å². The Morgan fingerprint density at radius 3 is 2.00 bits per heavy atom. The van der Waals surface area contributed by atoms with E-state index >= 15 is 0 Å². The molecule has 2 atom stereocenters. The molecule has 2 unspecified atom stereocenters. The number of hydrogen-bond donors (Lipinski definition) is 1. The molecule has 0 heterocycles. The Kier molecular flexibility index (Phi) is 5.33. The van der Waals surface area contributed by atoms with Gasteiger partial charge in [-0.05, 0) is 48.9 Å². The van der Waals surface area contributed by atoms with E-state index in [-0.39, 0.29) is 5.82 Å². The van der Waals surface area contributed by atoms with E-state index in [2.05, 4.69) is 33.0 Å². The minimum Gasteiger partial charge on any atom is -0.310 e. The molecule has 1 aromatic carbocycles. The largest absolute Gasteiger partial charge is 0.310 e. The zero-order chi connectivity index (χ0) is 13.9. The molecule has 1 aromatic rings. The third-order valence-corrected chi connectivity index (χ3v) is 3.82. The lowest BCUT2D eigenvalue weighted by Gasteiger charge is -2.29. The van der Waals surface area contributed by atoms with Gasteiger partial charge in [0.05, 0.1) is 0 Å². The maximum atomic E-state index is 13.7. The Morgan fingerprint density at radius 1 is 1.11 bits per heavy atom. The van der Waals surface area contributed by atoms with Crippen LogP contribution >= 0.6 is 0 Å². The summed E-state index contributed by atoms with van der Waals surface area (Å²) < 4.78 is 13.7. The summed E-state index contributed by atoms with van der Waals surface area (Å²) in [5.41, 5.74) is 2.68. The molecular formula is C16H26FN. The molecule has 0 fully saturated rings. The van der Waals surface area contributed by atoms with Crippen LogP contribution in [0.15, 0.2) is 12.1 Å². The maximum absolute atomic E-state index is 13.7. The van der Waals surface area contributed by atoms with E-state index in [1.807, 2.05) is 26.0 Å². The van der Waals surface area contributed by atoms with Gasteiger partial charge in [0.2, 0.25) is 0 Å². The highest BCUT2D eigenvalue weighted by Crippen LogP contribution is 2.29. The molecule has 0 aliphatic heterocycles. The van der Waals surface area contributed by atoms with E-state index in [0.717, 1.165) is 17.7 Å². The molecule has 1 rings (SSSR count). The lowest BCUT2D eigenvalue weighted by atomic mass is 9.85. The summed E-state index contributed by atoms with van der Waals surface area (Å²) in [5.74, 6) is 1.04. The van der Waals surface area contributed by atoms with Gasteiger partial charge in [-0.1, -0.05) is 39.8 Å². The normalized spacial score (nSPS) is 14.9. The van der Waals surface area contributed by atoms with Gasteiger partial charge in [-0.2, -0.15) is 0 Å². The molecular weight excluding hydrogens is 225 g/mol. The molecule has 0 aromatic heterocycles. The van der Waals surface area contributed by atoms with Crippen molar-refractivity contribution in [3.05, 3.63) is 34.6 Å². The van der Waals surface area contributed by atoms with Crippen LogP contribution in [-0.2, 0) is 0 Å². The molecule has 0 saturated heterocycles. The van der Waals surface area contributed by atoms with Gasteiger partial charge in [-0.3, -0.25) is 0 Å². The molecule has 0 radical (unpaired) electrons. The topological polar surface area (TPSA) is 12.0 Å². The Labute approximate surface area is 111 Å². The van der Waals surface area contributed by atoms with Crippen LogP contribution in [-0.4, -0.2) is 6.54 Å². The Morgan fingerprint density at radius 2 is 1.61 bits per heavy atom. The van der Waals surface area contributed by atoms with E-state index in [0.29, 0.717) is 17.9 Å². The van der Waals surface area contributed by atoms with Crippen LogP contribution < -0.4 is 5.32 Å². The molecule has 18 heavy (non-hydrogen) atoms. The SMILES string of the molecule is CCNC(c1cc(C)c(F)c(C)c1)C(C)C(C)C. The van der Waals surface area contributed by atoms with Gasteiger partial charge < -0.3 is 5.32 Å². The van der Waals surface area contributed by atoms with Crippen molar-refractivity contribution in [1.29, 1.82) is 0 Å². The molecule has 0 saturated carbocycles. The summed E-state index contributed by atoms with van der Waals surface area (Å²) >= 11 is 0. The molecule has 1 N–H and O–H groups in total. The summed E-state index contributed by atoms with van der Waals surface area (Å²) in [6.45, 7) is 13.5. The lowest BCUT2D eigenvalue weighted by Crippen LogP contribution is -2.29. The van der Waals surface area contributed by atoms with E-state index in [9.17, 15) is 4.39 Å². The van der Waals surface area contributed by atoms with Gasteiger partial charge in [0.1, 0.15) is 5.82 Å². The van der Waals surface area contributed by atoms with E-state index in [4.69, 9.17) is 0 Å². The second-order valence-electron chi connectivity index (χ2n) is 5.61. The lowest BCUT2D eigenvalue weighted by molar-refractivity contribution is 0.307. The summed E-state index contributed by atoms with van der Waals surface area (Å²) in [5, 5.41) is 3.53. The fourth-order valence-corrected chi connectivity index (χ4v) is 2.37. The van der Waals surface area contributed by atoms with E-state index in [1.54, 1.807) is 0 Å². The van der Waals surface area contributed by atoms with Crippen molar-refractivity contribution >= 4 is 0 Å². The summed E-state index contributed by atoms with van der Waals surface area (Å²) in [6.07, 6.45) is 0. The average molecular weight is 251 g/mol. The highest BCUT2D eigenvalue weighted by atomic mass is 19.1. The fourth-order valence-electron chi connectivity index (χ4n) is 2.37. The van der Waals surface area contributed by atoms with E-state index < -0.39 is 0 Å². The van der Waals surface area contributed by atoms with Crippen molar-refractivity contribution in [1.82, 2.24) is 5.32 Å². The highest BCUT2D eigenvalue weighted by Gasteiger charge is 2.22. The van der Waals surface area contributed by atoms with Crippen molar-refractivity contribution in [2.75, 3.05) is 6.54 Å². The van der Waals surface area contributed by atoms with Gasteiger partial charge >= 0.3 is 0 Å². The van der Waals surface area contributed by atoms with Crippen LogP contribution in [0.4, 0.5) is 4.39 Å². The van der Waals surface area contributed by atoms with E-state index in [1.165, 1.54) is 5.56 Å². The predicted molar refractivity (Wildman–Crippen MR) is 76.3 cm³/mol. The van der Waals surface area contributed by atoms with Crippen molar-refractivity contribution in [3.63, 3.8) is 0 Å². The van der Waals surface area contributed by atoms with Crippen molar-refractivity contribution in [3.8, 4) is 0 Å². The van der Waals surface area contributed by atoms with Crippen LogP contribution in [0.25, 0.3) is 0 Å². The quantitative estimate of drug-likeness (QED) is 0.818. The number of aryl methyl sites for hydroxylation is 2. The standard InChI is InChI=1S/C16H26FN/c1-7-18-16(13(6)10(2)3)14-8-11(4)15(17)12(5)9-14/h8-10,13,16,18H,7H2,1-6H3. The monoisotopic (exact) mass is 251 g/mol. The Hall–Kier alpha value is -0.890. The van der Waals surface area contributed by atoms with Gasteiger partial charge in [0, 0.05) is 6.04 Å². The first-order valence-corrected chi connectivity index (χ1v) is 6.88. The zero-order valence-corrected chi connectivity index (χ0v) is 12.5. The van der Waals surface area contributed by atoms with Gasteiger partial charge in [-0.15, -0.1) is 0 Å². The van der Waals surface area contributed by atoms with Crippen molar-refractivity contribution in [2.45, 2.75) is 47.6 Å². The number of rotatable bonds is 5. The second kappa shape index (κ2) is 6.33. The molecule has 0 amide bonds. The van der Waals surface area contributed by atoms with Crippen LogP contribution in [0.5, 0.6) is 0 Å². The molecule has 0 spiro atoms. The van der Waals surface area contributed by atoms with Crippen LogP contribution in [0.1, 0.15) is 50.4 Å². The molecule has 0 aliphatic carbocycles. The number of nitrogens with one attached hydrogen (secondary N) is 1. The third kappa shape index (κ3) is 3.32. The second-order valence-corrected chi connectivity index (χ2v) is 5.61. The molecule has 2 heteroatoms. The van der Waals surface area contributed by atoms with Gasteiger partial charge in [0.15, 0.2) is 0 Å². The molecule has 102 valence electrons. The summed E-state index contributed by atoms with van der Waals surface area (Å²) in [7, 11) is 0. The first-order valence-electron chi connectivity index (χ1n) is 6.88. The first-order chi connectivity index (χ1) is 8.38. The fraction of sp³-hybridized carbons (Fsp3) is 0.625. The number of halogens is 1. The third-order valence-electron chi connectivity index (χ3n) is 3.82. The van der Waals surface area contributed by atoms with Crippen LogP contribution in [0.3, 0.4) is 0 Å². The minimum absolute atomic E-state index is 0.0776. The maximum Gasteiger partial charge on any atom is 0.129 e.